The molecule has 2 atom stereocenters. The molecule has 0 fully saturated rings. The van der Waals surface area contributed by atoms with E-state index in [-0.39, 0.29) is 11.7 Å². The van der Waals surface area contributed by atoms with Gasteiger partial charge in [-0.2, -0.15) is 0 Å². The van der Waals surface area contributed by atoms with Crippen LogP contribution in [0.15, 0.2) is 29.2 Å². The average molecular weight is 267 g/mol. The summed E-state index contributed by atoms with van der Waals surface area (Å²) in [4.78, 5) is 0.534. The third-order valence-electron chi connectivity index (χ3n) is 3.59. The van der Waals surface area contributed by atoms with Crippen LogP contribution < -0.4 is 5.32 Å². The van der Waals surface area contributed by atoms with Crippen LogP contribution in [0.1, 0.15) is 32.3 Å². The highest BCUT2D eigenvalue weighted by molar-refractivity contribution is 7.91. The first-order valence-electron chi connectivity index (χ1n) is 6.47. The van der Waals surface area contributed by atoms with Gasteiger partial charge in [-0.25, -0.2) is 8.42 Å². The molecule has 1 aromatic carbocycles. The van der Waals surface area contributed by atoms with Gasteiger partial charge >= 0.3 is 0 Å². The van der Waals surface area contributed by atoms with Gasteiger partial charge in [0.25, 0.3) is 0 Å². The van der Waals surface area contributed by atoms with Crippen LogP contribution in [0.3, 0.4) is 0 Å². The van der Waals surface area contributed by atoms with Gasteiger partial charge < -0.3 is 5.32 Å². The van der Waals surface area contributed by atoms with Gasteiger partial charge in [-0.05, 0) is 24.1 Å². The predicted octanol–water partition coefficient (Wildman–Crippen LogP) is 2.19. The van der Waals surface area contributed by atoms with E-state index >= 15 is 0 Å². The molecule has 0 saturated heterocycles. The van der Waals surface area contributed by atoms with Gasteiger partial charge in [-0.15, -0.1) is 0 Å². The maximum atomic E-state index is 12.1. The lowest BCUT2D eigenvalue weighted by Crippen LogP contribution is -2.31. The molecule has 1 aliphatic rings. The monoisotopic (exact) mass is 267 g/mol. The first kappa shape index (κ1) is 13.6. The number of nitrogens with one attached hydrogen (secondary N) is 1. The Hall–Kier alpha value is -0.870. The Morgan fingerprint density at radius 2 is 1.94 bits per heavy atom. The van der Waals surface area contributed by atoms with Gasteiger partial charge in [0, 0.05) is 12.0 Å². The summed E-state index contributed by atoms with van der Waals surface area (Å²) in [5.74, 6) is 0.705. The lowest BCUT2D eigenvalue weighted by atomic mass is 9.89. The zero-order valence-electron chi connectivity index (χ0n) is 11.2. The van der Waals surface area contributed by atoms with Crippen molar-refractivity contribution in [1.82, 2.24) is 5.32 Å². The van der Waals surface area contributed by atoms with E-state index in [4.69, 9.17) is 0 Å². The Labute approximate surface area is 110 Å². The first-order valence-corrected chi connectivity index (χ1v) is 8.12. The van der Waals surface area contributed by atoms with E-state index < -0.39 is 9.84 Å². The second kappa shape index (κ2) is 5.02. The molecule has 1 aliphatic heterocycles. The number of fused-ring (bicyclic) bond motifs is 1. The molecule has 0 saturated carbocycles. The highest BCUT2D eigenvalue weighted by Crippen LogP contribution is 2.38. The second-order valence-corrected chi connectivity index (χ2v) is 7.47. The summed E-state index contributed by atoms with van der Waals surface area (Å²) in [5.41, 5.74) is 0.996. The minimum Gasteiger partial charge on any atom is -0.314 e. The van der Waals surface area contributed by atoms with Crippen molar-refractivity contribution >= 4 is 9.84 Å². The van der Waals surface area contributed by atoms with Crippen molar-refractivity contribution < 1.29 is 8.42 Å². The van der Waals surface area contributed by atoms with Crippen molar-refractivity contribution in [3.8, 4) is 0 Å². The zero-order chi connectivity index (χ0) is 13.3. The molecule has 2 rings (SSSR count). The summed E-state index contributed by atoms with van der Waals surface area (Å²) in [5, 5.41) is 3.39. The fourth-order valence-corrected chi connectivity index (χ4v) is 4.55. The molecule has 0 aliphatic carbocycles. The molecule has 0 radical (unpaired) electrons. The topological polar surface area (TPSA) is 46.2 Å². The van der Waals surface area contributed by atoms with Crippen LogP contribution in [0.25, 0.3) is 0 Å². The summed E-state index contributed by atoms with van der Waals surface area (Å²) >= 11 is 0. The highest BCUT2D eigenvalue weighted by Gasteiger charge is 2.36. The first-order chi connectivity index (χ1) is 8.42. The van der Waals surface area contributed by atoms with E-state index in [1.165, 1.54) is 0 Å². The fraction of sp³-hybridized carbons (Fsp3) is 0.571. The Morgan fingerprint density at radius 3 is 2.61 bits per heavy atom. The van der Waals surface area contributed by atoms with Gasteiger partial charge in [-0.1, -0.05) is 39.0 Å². The Balaban J connectivity index is 2.22. The quantitative estimate of drug-likeness (QED) is 0.909. The third-order valence-corrected chi connectivity index (χ3v) is 5.43. The van der Waals surface area contributed by atoms with Crippen LogP contribution in [0, 0.1) is 5.92 Å². The number of hydrogen-bond acceptors (Lipinski definition) is 3. The van der Waals surface area contributed by atoms with Crippen molar-refractivity contribution in [3.63, 3.8) is 0 Å². The van der Waals surface area contributed by atoms with Crippen LogP contribution in [-0.4, -0.2) is 26.8 Å². The van der Waals surface area contributed by atoms with Crippen molar-refractivity contribution in [3.05, 3.63) is 29.8 Å². The van der Waals surface area contributed by atoms with Gasteiger partial charge in [0.1, 0.15) is 0 Å². The molecule has 4 heteroatoms. The van der Waals surface area contributed by atoms with E-state index in [1.54, 1.807) is 12.1 Å². The average Bonchev–Trinajstić information content (AvgIpc) is 2.59. The third kappa shape index (κ3) is 2.59. The molecule has 0 bridgehead atoms. The molecule has 3 nitrogen and oxygen atoms in total. The number of benzene rings is 1. The second-order valence-electron chi connectivity index (χ2n) is 5.47. The van der Waals surface area contributed by atoms with E-state index in [0.717, 1.165) is 12.1 Å². The Kier molecular flexibility index (Phi) is 3.78. The molecule has 0 amide bonds. The molecule has 0 spiro atoms. The van der Waals surface area contributed by atoms with Gasteiger partial charge in [0.2, 0.25) is 0 Å². The fourth-order valence-electron chi connectivity index (χ4n) is 2.52. The maximum Gasteiger partial charge on any atom is 0.179 e. The summed E-state index contributed by atoms with van der Waals surface area (Å²) in [6.45, 7) is 7.18. The van der Waals surface area contributed by atoms with E-state index in [1.807, 2.05) is 12.1 Å². The van der Waals surface area contributed by atoms with Crippen molar-refractivity contribution in [2.45, 2.75) is 37.6 Å². The number of sulfone groups is 1. The largest absolute Gasteiger partial charge is 0.314 e. The highest BCUT2D eigenvalue weighted by atomic mass is 32.2. The molecule has 1 aromatic rings. The predicted molar refractivity (Wildman–Crippen MR) is 73.5 cm³/mol. The molecule has 0 aromatic heterocycles. The van der Waals surface area contributed by atoms with Gasteiger partial charge in [0.15, 0.2) is 9.84 Å². The Bertz CT molecular complexity index is 522. The normalized spacial score (nSPS) is 23.0. The lowest BCUT2D eigenvalue weighted by Gasteiger charge is -2.21. The van der Waals surface area contributed by atoms with Crippen molar-refractivity contribution in [2.24, 2.45) is 5.92 Å². The molecule has 100 valence electrons. The van der Waals surface area contributed by atoms with Crippen LogP contribution >= 0.6 is 0 Å². The maximum absolute atomic E-state index is 12.1. The summed E-state index contributed by atoms with van der Waals surface area (Å²) in [6.07, 6.45) is 0. The van der Waals surface area contributed by atoms with Crippen LogP contribution in [-0.2, 0) is 9.84 Å². The number of hydrogen-bond donors (Lipinski definition) is 1. The number of rotatable bonds is 4. The van der Waals surface area contributed by atoms with E-state index in [0.29, 0.717) is 16.9 Å². The lowest BCUT2D eigenvalue weighted by molar-refractivity contribution is 0.429. The molecule has 2 unspecified atom stereocenters. The van der Waals surface area contributed by atoms with E-state index in [2.05, 4.69) is 26.1 Å². The van der Waals surface area contributed by atoms with Gasteiger partial charge in [0.05, 0.1) is 10.6 Å². The Morgan fingerprint density at radius 1 is 1.28 bits per heavy atom. The standard InChI is InChI=1S/C14H21NO2S/c1-10(2)15-8-11(3)13-9-18(16,17)14-7-5-4-6-12(13)14/h4-7,10-11,13,15H,8-9H2,1-3H3. The molecule has 18 heavy (non-hydrogen) atoms. The minimum atomic E-state index is -3.07. The van der Waals surface area contributed by atoms with E-state index in [9.17, 15) is 8.42 Å². The molecular weight excluding hydrogens is 246 g/mol. The van der Waals surface area contributed by atoms with Crippen molar-refractivity contribution in [1.29, 1.82) is 0 Å². The molecule has 1 N–H and O–H groups in total. The van der Waals surface area contributed by atoms with Crippen LogP contribution in [0.4, 0.5) is 0 Å². The van der Waals surface area contributed by atoms with Crippen molar-refractivity contribution in [2.75, 3.05) is 12.3 Å². The summed E-state index contributed by atoms with van der Waals surface area (Å²) in [6, 6.07) is 7.84. The summed E-state index contributed by atoms with van der Waals surface area (Å²) in [7, 11) is -3.07. The van der Waals surface area contributed by atoms with Gasteiger partial charge in [-0.3, -0.25) is 0 Å². The van der Waals surface area contributed by atoms with Crippen LogP contribution in [0.2, 0.25) is 0 Å². The van der Waals surface area contributed by atoms with Crippen LogP contribution in [0.5, 0.6) is 0 Å². The zero-order valence-corrected chi connectivity index (χ0v) is 12.0. The smallest absolute Gasteiger partial charge is 0.179 e. The minimum absolute atomic E-state index is 0.123. The molecular formula is C14H21NO2S. The SMILES string of the molecule is CC(C)NCC(C)C1CS(=O)(=O)c2ccccc21. The summed E-state index contributed by atoms with van der Waals surface area (Å²) < 4.78 is 24.2. The molecule has 1 heterocycles.